The van der Waals surface area contributed by atoms with E-state index in [1.54, 1.807) is 18.2 Å². The van der Waals surface area contributed by atoms with Crippen molar-refractivity contribution < 1.29 is 19.1 Å². The Balaban J connectivity index is 1.46. The molecule has 0 bridgehead atoms. The van der Waals surface area contributed by atoms with Gasteiger partial charge in [-0.3, -0.25) is 14.9 Å². The molecule has 0 unspecified atom stereocenters. The van der Waals surface area contributed by atoms with E-state index in [1.165, 1.54) is 11.0 Å². The monoisotopic (exact) mass is 301 g/mol. The maximum Gasteiger partial charge on any atom is 0.252 e. The van der Waals surface area contributed by atoms with Crippen molar-refractivity contribution >= 4 is 23.5 Å². The average molecular weight is 301 g/mol. The smallest absolute Gasteiger partial charge is 0.252 e. The quantitative estimate of drug-likeness (QED) is 0.856. The van der Waals surface area contributed by atoms with E-state index >= 15 is 0 Å². The van der Waals surface area contributed by atoms with Gasteiger partial charge >= 0.3 is 0 Å². The van der Waals surface area contributed by atoms with Crippen LogP contribution in [0.25, 0.3) is 0 Å². The number of benzene rings is 1. The van der Waals surface area contributed by atoms with E-state index in [0.717, 1.165) is 0 Å². The fraction of sp³-hybridized carbons (Fsp3) is 0.231. The zero-order valence-electron chi connectivity index (χ0n) is 11.3. The molecule has 4 rings (SSSR count). The van der Waals surface area contributed by atoms with E-state index < -0.39 is 6.04 Å². The Kier molecular flexibility index (Phi) is 2.71. The van der Waals surface area contributed by atoms with Crippen LogP contribution in [0, 0.1) is 0 Å². The fourth-order valence-corrected chi connectivity index (χ4v) is 2.41. The zero-order valence-corrected chi connectivity index (χ0v) is 11.3. The van der Waals surface area contributed by atoms with Crippen LogP contribution in [-0.4, -0.2) is 33.4 Å². The van der Waals surface area contributed by atoms with Crippen LogP contribution < -0.4 is 20.1 Å². The van der Waals surface area contributed by atoms with E-state index in [1.807, 2.05) is 0 Å². The number of hydrogen-bond donors (Lipinski definition) is 2. The summed E-state index contributed by atoms with van der Waals surface area (Å²) in [6.45, 7) is 0.171. The number of hydrogen-bond acceptors (Lipinski definition) is 6. The lowest BCUT2D eigenvalue weighted by atomic mass is 10.2. The topological polar surface area (TPSA) is 107 Å². The highest BCUT2D eigenvalue weighted by atomic mass is 16.7. The molecule has 1 aromatic carbocycles. The minimum absolute atomic E-state index is 0.0311. The van der Waals surface area contributed by atoms with Crippen molar-refractivity contribution in [3.8, 4) is 11.5 Å². The summed E-state index contributed by atoms with van der Waals surface area (Å²) in [6, 6.07) is 4.42. The van der Waals surface area contributed by atoms with Gasteiger partial charge in [0.15, 0.2) is 11.5 Å². The van der Waals surface area contributed by atoms with Crippen LogP contribution >= 0.6 is 0 Å². The van der Waals surface area contributed by atoms with E-state index in [4.69, 9.17) is 9.47 Å². The number of carbonyl (C=O) groups is 2. The first-order chi connectivity index (χ1) is 10.7. The lowest BCUT2D eigenvalue weighted by Crippen LogP contribution is -2.23. The van der Waals surface area contributed by atoms with Crippen LogP contribution in [0.4, 0.5) is 11.6 Å². The van der Waals surface area contributed by atoms with Gasteiger partial charge in [0.25, 0.3) is 5.91 Å². The van der Waals surface area contributed by atoms with Gasteiger partial charge in [0, 0.05) is 11.8 Å². The number of aromatic nitrogens is 3. The third kappa shape index (κ3) is 2.03. The summed E-state index contributed by atoms with van der Waals surface area (Å²) >= 11 is 0. The largest absolute Gasteiger partial charge is 0.454 e. The van der Waals surface area contributed by atoms with Crippen molar-refractivity contribution in [1.82, 2.24) is 14.8 Å². The van der Waals surface area contributed by atoms with Gasteiger partial charge in [-0.25, -0.2) is 4.68 Å². The predicted molar refractivity (Wildman–Crippen MR) is 73.5 cm³/mol. The molecule has 0 radical (unpaired) electrons. The molecule has 2 aromatic rings. The summed E-state index contributed by atoms with van der Waals surface area (Å²) in [5.74, 6) is 0.972. The average Bonchev–Trinajstić information content (AvgIpc) is 3.17. The summed E-state index contributed by atoms with van der Waals surface area (Å²) < 4.78 is 11.9. The van der Waals surface area contributed by atoms with Gasteiger partial charge in [0.1, 0.15) is 12.4 Å². The molecule has 112 valence electrons. The van der Waals surface area contributed by atoms with Crippen molar-refractivity contribution in [2.45, 2.75) is 12.5 Å². The first-order valence-electron chi connectivity index (χ1n) is 6.60. The molecule has 0 saturated heterocycles. The van der Waals surface area contributed by atoms with Gasteiger partial charge in [0.2, 0.25) is 18.6 Å². The normalized spacial score (nSPS) is 18.0. The third-order valence-electron chi connectivity index (χ3n) is 3.44. The molecule has 9 nitrogen and oxygen atoms in total. The minimum atomic E-state index is -0.688. The standard InChI is InChI=1S/C13H11N5O4/c19-11(4-8-12(20)17-13-14-5-15-18(8)13)16-7-1-2-9-10(3-7)22-6-21-9/h1-3,5,8H,4,6H2,(H,16,19)(H,14,15,17,20)/t8-/m0/s1. The number of carbonyl (C=O) groups excluding carboxylic acids is 2. The molecule has 2 amide bonds. The van der Waals surface area contributed by atoms with E-state index in [-0.39, 0.29) is 25.0 Å². The van der Waals surface area contributed by atoms with Crippen molar-refractivity contribution in [2.24, 2.45) is 0 Å². The molecule has 0 aliphatic carbocycles. The van der Waals surface area contributed by atoms with Crippen molar-refractivity contribution in [3.05, 3.63) is 24.5 Å². The van der Waals surface area contributed by atoms with E-state index in [9.17, 15) is 9.59 Å². The first-order valence-corrected chi connectivity index (χ1v) is 6.60. The molecule has 0 fully saturated rings. The Hall–Kier alpha value is -3.10. The summed E-state index contributed by atoms with van der Waals surface area (Å²) in [5, 5.41) is 9.23. The van der Waals surface area contributed by atoms with Crippen LogP contribution in [0.5, 0.6) is 11.5 Å². The van der Waals surface area contributed by atoms with Gasteiger partial charge in [-0.05, 0) is 12.1 Å². The highest BCUT2D eigenvalue weighted by Gasteiger charge is 2.33. The highest BCUT2D eigenvalue weighted by molar-refractivity contribution is 6.00. The van der Waals surface area contributed by atoms with Crippen LogP contribution in [0.1, 0.15) is 12.5 Å². The molecular weight excluding hydrogens is 290 g/mol. The number of ether oxygens (including phenoxy) is 2. The molecule has 3 heterocycles. The Morgan fingerprint density at radius 3 is 3.18 bits per heavy atom. The molecular formula is C13H11N5O4. The van der Waals surface area contributed by atoms with Gasteiger partial charge in [0.05, 0.1) is 6.42 Å². The van der Waals surface area contributed by atoms with E-state index in [0.29, 0.717) is 23.1 Å². The van der Waals surface area contributed by atoms with Crippen LogP contribution in [0.3, 0.4) is 0 Å². The van der Waals surface area contributed by atoms with E-state index in [2.05, 4.69) is 20.7 Å². The second-order valence-corrected chi connectivity index (χ2v) is 4.85. The number of fused-ring (bicyclic) bond motifs is 2. The Morgan fingerprint density at radius 2 is 2.27 bits per heavy atom. The molecule has 0 saturated carbocycles. The van der Waals surface area contributed by atoms with Crippen LogP contribution in [-0.2, 0) is 9.59 Å². The highest BCUT2D eigenvalue weighted by Crippen LogP contribution is 2.34. The maximum absolute atomic E-state index is 12.1. The predicted octanol–water partition coefficient (Wildman–Crippen LogP) is 0.529. The second-order valence-electron chi connectivity index (χ2n) is 4.85. The molecule has 0 spiro atoms. The van der Waals surface area contributed by atoms with Crippen molar-refractivity contribution in [3.63, 3.8) is 0 Å². The number of nitrogens with zero attached hydrogens (tertiary/aromatic N) is 3. The first kappa shape index (κ1) is 12.6. The van der Waals surface area contributed by atoms with Crippen LogP contribution in [0.15, 0.2) is 24.5 Å². The molecule has 22 heavy (non-hydrogen) atoms. The number of anilines is 2. The summed E-state index contributed by atoms with van der Waals surface area (Å²) in [5.41, 5.74) is 0.575. The Labute approximate surface area is 124 Å². The molecule has 2 aliphatic heterocycles. The number of nitrogens with one attached hydrogen (secondary N) is 2. The van der Waals surface area contributed by atoms with Gasteiger partial charge in [-0.2, -0.15) is 10.1 Å². The maximum atomic E-state index is 12.1. The molecule has 2 N–H and O–H groups in total. The van der Waals surface area contributed by atoms with Gasteiger partial charge in [-0.1, -0.05) is 0 Å². The lowest BCUT2D eigenvalue weighted by Gasteiger charge is -2.10. The number of rotatable bonds is 3. The third-order valence-corrected chi connectivity index (χ3v) is 3.44. The number of amides is 2. The van der Waals surface area contributed by atoms with Gasteiger partial charge in [-0.15, -0.1) is 0 Å². The van der Waals surface area contributed by atoms with Crippen molar-refractivity contribution in [2.75, 3.05) is 17.4 Å². The van der Waals surface area contributed by atoms with Crippen molar-refractivity contribution in [1.29, 1.82) is 0 Å². The molecule has 1 atom stereocenters. The van der Waals surface area contributed by atoms with Gasteiger partial charge < -0.3 is 14.8 Å². The Bertz CT molecular complexity index is 772. The van der Waals surface area contributed by atoms with Crippen LogP contribution in [0.2, 0.25) is 0 Å². The SMILES string of the molecule is O=C(C[C@H]1C(=O)Nc2ncnn21)Nc1ccc2c(c1)OCO2. The lowest BCUT2D eigenvalue weighted by molar-refractivity contribution is -0.123. The zero-order chi connectivity index (χ0) is 15.1. The Morgan fingerprint density at radius 1 is 1.41 bits per heavy atom. The second kappa shape index (κ2) is 4.72. The summed E-state index contributed by atoms with van der Waals surface area (Å²) in [7, 11) is 0. The minimum Gasteiger partial charge on any atom is -0.454 e. The molecule has 9 heteroatoms. The fourth-order valence-electron chi connectivity index (χ4n) is 2.41. The summed E-state index contributed by atoms with van der Waals surface area (Å²) in [6.07, 6.45) is 1.30. The summed E-state index contributed by atoms with van der Waals surface area (Å²) in [4.78, 5) is 27.8. The molecule has 2 aliphatic rings. The molecule has 1 aromatic heterocycles.